The Labute approximate surface area is 147 Å². The van der Waals surface area contributed by atoms with Crippen molar-refractivity contribution < 1.29 is 9.53 Å². The van der Waals surface area contributed by atoms with Crippen molar-refractivity contribution in [3.8, 4) is 0 Å². The van der Waals surface area contributed by atoms with Gasteiger partial charge in [-0.05, 0) is 55.2 Å². The molecule has 1 N–H and O–H groups in total. The maximum absolute atomic E-state index is 12.0. The molecule has 3 rings (SSSR count). The molecule has 0 spiro atoms. The van der Waals surface area contributed by atoms with E-state index in [9.17, 15) is 9.59 Å². The molecule has 0 unspecified atom stereocenters. The molecule has 1 aliphatic carbocycles. The van der Waals surface area contributed by atoms with Crippen LogP contribution >= 0.6 is 22.6 Å². The van der Waals surface area contributed by atoms with Gasteiger partial charge in [-0.1, -0.05) is 6.92 Å². The van der Waals surface area contributed by atoms with Crippen molar-refractivity contribution in [1.82, 2.24) is 19.6 Å². The van der Waals surface area contributed by atoms with Crippen LogP contribution in [0.5, 0.6) is 0 Å². The fourth-order valence-corrected chi connectivity index (χ4v) is 4.02. The molecule has 0 radical (unpaired) electrons. The lowest BCUT2D eigenvalue weighted by Crippen LogP contribution is -2.40. The van der Waals surface area contributed by atoms with Gasteiger partial charge >= 0.3 is 5.97 Å². The topological polar surface area (TPSA) is 89.3 Å². The van der Waals surface area contributed by atoms with E-state index in [1.165, 1.54) is 13.4 Å². The standard InChI is InChI=1S/C15H19IN4O3/c1-14(4-6-15(2,7-5-14)13(22)23-3)12-19-10(16)9-11(21)17-8-18-20(9)12/h8H,4-7H2,1-3H3,(H,17,18,21)/t14-,15+. The van der Waals surface area contributed by atoms with Crippen molar-refractivity contribution in [3.63, 3.8) is 0 Å². The Morgan fingerprint density at radius 3 is 2.61 bits per heavy atom. The van der Waals surface area contributed by atoms with Crippen LogP contribution in [0.1, 0.15) is 45.4 Å². The molecule has 0 aromatic carbocycles. The zero-order valence-corrected chi connectivity index (χ0v) is 15.5. The molecule has 2 aromatic rings. The first kappa shape index (κ1) is 16.4. The van der Waals surface area contributed by atoms with E-state index in [1.807, 2.05) is 6.92 Å². The maximum atomic E-state index is 12.0. The number of nitrogens with zero attached hydrogens (tertiary/aromatic N) is 3. The summed E-state index contributed by atoms with van der Waals surface area (Å²) in [6.07, 6.45) is 4.43. The number of imidazole rings is 1. The van der Waals surface area contributed by atoms with Crippen LogP contribution in [0.2, 0.25) is 0 Å². The number of halogens is 1. The minimum atomic E-state index is -0.445. The van der Waals surface area contributed by atoms with Gasteiger partial charge in [0.2, 0.25) is 0 Å². The maximum Gasteiger partial charge on any atom is 0.311 e. The Hall–Kier alpha value is -1.45. The molecule has 0 aliphatic heterocycles. The zero-order chi connectivity index (χ0) is 16.8. The molecule has 23 heavy (non-hydrogen) atoms. The second-order valence-corrected chi connectivity index (χ2v) is 7.74. The third-order valence-corrected chi connectivity index (χ3v) is 5.82. The average molecular weight is 430 g/mol. The highest BCUT2D eigenvalue weighted by molar-refractivity contribution is 14.1. The lowest BCUT2D eigenvalue weighted by molar-refractivity contribution is -0.154. The molecule has 1 fully saturated rings. The van der Waals surface area contributed by atoms with Crippen LogP contribution in [0.3, 0.4) is 0 Å². The third-order valence-electron chi connectivity index (χ3n) is 5.07. The summed E-state index contributed by atoms with van der Waals surface area (Å²) in [5.74, 6) is 0.631. The zero-order valence-electron chi connectivity index (χ0n) is 13.4. The molecule has 8 heteroatoms. The highest BCUT2D eigenvalue weighted by Crippen LogP contribution is 2.46. The SMILES string of the molecule is COC(=O)[C@]1(C)CC[C@](C)(c2nc(I)c3c(=O)[nH]cnn32)CC1. The summed E-state index contributed by atoms with van der Waals surface area (Å²) >= 11 is 2.06. The summed E-state index contributed by atoms with van der Waals surface area (Å²) in [5, 5.41) is 4.27. The smallest absolute Gasteiger partial charge is 0.311 e. The van der Waals surface area contributed by atoms with Gasteiger partial charge in [0.15, 0.2) is 5.52 Å². The first-order chi connectivity index (χ1) is 10.8. The number of rotatable bonds is 2. The molecule has 1 aliphatic rings. The van der Waals surface area contributed by atoms with Gasteiger partial charge in [-0.15, -0.1) is 0 Å². The fourth-order valence-electron chi connectivity index (χ4n) is 3.32. The minimum Gasteiger partial charge on any atom is -0.469 e. The number of ether oxygens (including phenoxy) is 1. The molecule has 0 amide bonds. The van der Waals surface area contributed by atoms with Crippen LogP contribution in [0, 0.1) is 9.12 Å². The number of carbonyl (C=O) groups excluding carboxylic acids is 1. The van der Waals surface area contributed by atoms with Crippen molar-refractivity contribution in [2.24, 2.45) is 5.41 Å². The molecule has 7 nitrogen and oxygen atoms in total. The molecule has 2 heterocycles. The molecule has 0 bridgehead atoms. The first-order valence-electron chi connectivity index (χ1n) is 7.52. The first-order valence-corrected chi connectivity index (χ1v) is 8.59. The van der Waals surface area contributed by atoms with Crippen LogP contribution in [0.15, 0.2) is 11.1 Å². The number of aromatic amines is 1. The predicted molar refractivity (Wildman–Crippen MR) is 92.3 cm³/mol. The fraction of sp³-hybridized carbons (Fsp3) is 0.600. The van der Waals surface area contributed by atoms with Crippen molar-refractivity contribution in [2.45, 2.75) is 44.9 Å². The number of H-pyrrole nitrogens is 1. The molecule has 1 saturated carbocycles. The van der Waals surface area contributed by atoms with E-state index in [2.05, 4.69) is 44.6 Å². The molecule has 124 valence electrons. The summed E-state index contributed by atoms with van der Waals surface area (Å²) < 4.78 is 7.23. The number of methoxy groups -OCH3 is 1. The van der Waals surface area contributed by atoms with E-state index in [0.717, 1.165) is 31.5 Å². The van der Waals surface area contributed by atoms with Gasteiger partial charge in [-0.3, -0.25) is 9.59 Å². The third kappa shape index (κ3) is 2.56. The number of fused-ring (bicyclic) bond motifs is 1. The summed E-state index contributed by atoms with van der Waals surface area (Å²) in [4.78, 5) is 31.2. The number of carbonyl (C=O) groups is 1. The predicted octanol–water partition coefficient (Wildman–Crippen LogP) is 2.03. The van der Waals surface area contributed by atoms with Crippen LogP contribution in [-0.4, -0.2) is 32.7 Å². The van der Waals surface area contributed by atoms with Crippen LogP contribution in [0.4, 0.5) is 0 Å². The van der Waals surface area contributed by atoms with E-state index < -0.39 is 5.41 Å². The van der Waals surface area contributed by atoms with Gasteiger partial charge in [0, 0.05) is 5.41 Å². The van der Waals surface area contributed by atoms with Gasteiger partial charge in [-0.2, -0.15) is 5.10 Å². The van der Waals surface area contributed by atoms with E-state index in [1.54, 1.807) is 4.52 Å². The average Bonchev–Trinajstić information content (AvgIpc) is 2.89. The molecule has 0 atom stereocenters. The number of hydrogen-bond acceptors (Lipinski definition) is 5. The highest BCUT2D eigenvalue weighted by Gasteiger charge is 2.45. The second-order valence-electron chi connectivity index (χ2n) is 6.72. The van der Waals surface area contributed by atoms with Gasteiger partial charge < -0.3 is 9.72 Å². The lowest BCUT2D eigenvalue weighted by Gasteiger charge is -2.40. The molecule has 2 aromatic heterocycles. The summed E-state index contributed by atoms with van der Waals surface area (Å²) in [7, 11) is 1.43. The van der Waals surface area contributed by atoms with E-state index in [4.69, 9.17) is 4.74 Å². The van der Waals surface area contributed by atoms with Crippen molar-refractivity contribution in [3.05, 3.63) is 26.2 Å². The van der Waals surface area contributed by atoms with Crippen LogP contribution in [0.25, 0.3) is 5.52 Å². The van der Waals surface area contributed by atoms with Crippen LogP contribution in [-0.2, 0) is 14.9 Å². The monoisotopic (exact) mass is 430 g/mol. The van der Waals surface area contributed by atoms with E-state index in [0.29, 0.717) is 9.22 Å². The molecular weight excluding hydrogens is 411 g/mol. The molecule has 0 saturated heterocycles. The Balaban J connectivity index is 1.99. The van der Waals surface area contributed by atoms with Crippen molar-refractivity contribution >= 4 is 34.1 Å². The largest absolute Gasteiger partial charge is 0.469 e. The number of nitrogens with one attached hydrogen (secondary N) is 1. The number of hydrogen-bond donors (Lipinski definition) is 1. The van der Waals surface area contributed by atoms with Gasteiger partial charge in [0.1, 0.15) is 15.9 Å². The minimum absolute atomic E-state index is 0.156. The van der Waals surface area contributed by atoms with Crippen molar-refractivity contribution in [1.29, 1.82) is 0 Å². The Morgan fingerprint density at radius 2 is 2.00 bits per heavy atom. The number of esters is 1. The normalized spacial score (nSPS) is 28.0. The summed E-state index contributed by atoms with van der Waals surface area (Å²) in [5.41, 5.74) is -0.382. The second kappa shape index (κ2) is 5.57. The summed E-state index contributed by atoms with van der Waals surface area (Å²) in [6.45, 7) is 4.08. The van der Waals surface area contributed by atoms with Gasteiger partial charge in [0.25, 0.3) is 5.56 Å². The Morgan fingerprint density at radius 1 is 1.35 bits per heavy atom. The lowest BCUT2D eigenvalue weighted by atomic mass is 9.65. The Kier molecular flexibility index (Phi) is 3.97. The van der Waals surface area contributed by atoms with Crippen LogP contribution < -0.4 is 5.56 Å². The number of aromatic nitrogens is 4. The van der Waals surface area contributed by atoms with Gasteiger partial charge in [-0.25, -0.2) is 9.50 Å². The van der Waals surface area contributed by atoms with Gasteiger partial charge in [0.05, 0.1) is 12.5 Å². The molecular formula is C15H19IN4O3. The van der Waals surface area contributed by atoms with Crippen molar-refractivity contribution in [2.75, 3.05) is 7.11 Å². The van der Waals surface area contributed by atoms with E-state index in [-0.39, 0.29) is 16.9 Å². The Bertz CT molecular complexity index is 818. The summed E-state index contributed by atoms with van der Waals surface area (Å²) in [6, 6.07) is 0. The van der Waals surface area contributed by atoms with E-state index >= 15 is 0 Å². The quantitative estimate of drug-likeness (QED) is 0.582. The highest BCUT2D eigenvalue weighted by atomic mass is 127.